The predicted octanol–water partition coefficient (Wildman–Crippen LogP) is 4.59. The number of nitrogens with zero attached hydrogens (tertiary/aromatic N) is 2. The SMILES string of the molecule is CCOC(=O)c1sc(N2C(=O)C(=O)C(=C(O)c3ccc(OC)c(C)c3)[C@@H]2c2ccc(OC)cc2OC)nc1C. The first kappa shape index (κ1) is 27.6. The monoisotopic (exact) mass is 552 g/mol. The van der Waals surface area contributed by atoms with Crippen LogP contribution in [0.5, 0.6) is 17.2 Å². The standard InChI is InChI=1S/C28H28N2O8S/c1-7-38-27(34)25-15(3)29-28(39-25)30-22(18-10-9-17(35-4)13-20(18)37-6)21(24(32)26(30)33)23(31)16-8-11-19(36-5)14(2)12-16/h8-13,22,31H,7H2,1-6H3/t22-/m0/s1. The molecule has 0 radical (unpaired) electrons. The van der Waals surface area contributed by atoms with Gasteiger partial charge in [0.2, 0.25) is 0 Å². The van der Waals surface area contributed by atoms with Gasteiger partial charge in [0.05, 0.1) is 39.2 Å². The van der Waals surface area contributed by atoms with Gasteiger partial charge in [0, 0.05) is 17.2 Å². The number of carbonyl (C=O) groups excluding carboxylic acids is 3. The first-order valence-corrected chi connectivity index (χ1v) is 12.8. The molecule has 204 valence electrons. The Balaban J connectivity index is 1.97. The molecule has 1 saturated heterocycles. The lowest BCUT2D eigenvalue weighted by Gasteiger charge is -2.25. The smallest absolute Gasteiger partial charge is 0.350 e. The molecule has 1 aliphatic rings. The molecule has 4 rings (SSSR count). The van der Waals surface area contributed by atoms with E-state index in [0.29, 0.717) is 34.1 Å². The van der Waals surface area contributed by atoms with E-state index >= 15 is 0 Å². The van der Waals surface area contributed by atoms with E-state index in [-0.39, 0.29) is 27.9 Å². The number of ether oxygens (including phenoxy) is 4. The Labute approximate surface area is 229 Å². The van der Waals surface area contributed by atoms with Crippen molar-refractivity contribution in [2.45, 2.75) is 26.8 Å². The summed E-state index contributed by atoms with van der Waals surface area (Å²) in [5.41, 5.74) is 1.66. The summed E-state index contributed by atoms with van der Waals surface area (Å²) in [4.78, 5) is 45.4. The van der Waals surface area contributed by atoms with Gasteiger partial charge in [-0.25, -0.2) is 9.78 Å². The molecule has 0 bridgehead atoms. The number of amides is 1. The van der Waals surface area contributed by atoms with Crippen LogP contribution in [0.4, 0.5) is 5.13 Å². The van der Waals surface area contributed by atoms with Crippen molar-refractivity contribution in [3.63, 3.8) is 0 Å². The number of anilines is 1. The fourth-order valence-corrected chi connectivity index (χ4v) is 5.41. The molecule has 1 N–H and O–H groups in total. The van der Waals surface area contributed by atoms with Crippen LogP contribution in [0.25, 0.3) is 5.76 Å². The zero-order valence-corrected chi connectivity index (χ0v) is 23.2. The molecule has 0 spiro atoms. The molecule has 1 amide bonds. The molecule has 1 aromatic heterocycles. The van der Waals surface area contributed by atoms with Crippen LogP contribution in [-0.4, -0.2) is 55.7 Å². The minimum Gasteiger partial charge on any atom is -0.507 e. The molecule has 1 fully saturated rings. The molecule has 3 aromatic rings. The normalized spacial score (nSPS) is 16.4. The first-order chi connectivity index (χ1) is 18.7. The van der Waals surface area contributed by atoms with E-state index in [1.165, 1.54) is 26.2 Å². The average Bonchev–Trinajstić information content (AvgIpc) is 3.44. The summed E-state index contributed by atoms with van der Waals surface area (Å²) in [6, 6.07) is 8.74. The third-order valence-corrected chi connectivity index (χ3v) is 7.44. The Morgan fingerprint density at radius 2 is 1.74 bits per heavy atom. The molecule has 2 aromatic carbocycles. The second kappa shape index (κ2) is 11.2. The molecule has 0 saturated carbocycles. The quantitative estimate of drug-likeness (QED) is 0.185. The van der Waals surface area contributed by atoms with Crippen LogP contribution in [0.1, 0.15) is 45.0 Å². The zero-order chi connectivity index (χ0) is 28.4. The number of hydrogen-bond acceptors (Lipinski definition) is 10. The number of hydrogen-bond donors (Lipinski definition) is 1. The van der Waals surface area contributed by atoms with Gasteiger partial charge >= 0.3 is 11.9 Å². The van der Waals surface area contributed by atoms with E-state index in [2.05, 4.69) is 4.98 Å². The van der Waals surface area contributed by atoms with Crippen LogP contribution in [0.2, 0.25) is 0 Å². The topological polar surface area (TPSA) is 124 Å². The second-order valence-electron chi connectivity index (χ2n) is 8.59. The van der Waals surface area contributed by atoms with Crippen LogP contribution >= 0.6 is 11.3 Å². The minimum absolute atomic E-state index is 0.102. The summed E-state index contributed by atoms with van der Waals surface area (Å²) in [5.74, 6) is -1.35. The molecule has 1 atom stereocenters. The largest absolute Gasteiger partial charge is 0.507 e. The summed E-state index contributed by atoms with van der Waals surface area (Å²) in [7, 11) is 4.48. The number of ketones is 1. The van der Waals surface area contributed by atoms with Crippen molar-refractivity contribution in [2.24, 2.45) is 0 Å². The lowest BCUT2D eigenvalue weighted by molar-refractivity contribution is -0.132. The van der Waals surface area contributed by atoms with E-state index < -0.39 is 23.7 Å². The number of Topliss-reactive ketones (excluding diaryl/α,β-unsaturated/α-hetero) is 1. The van der Waals surface area contributed by atoms with Crippen molar-refractivity contribution in [3.8, 4) is 17.2 Å². The molecule has 10 nitrogen and oxygen atoms in total. The fourth-order valence-electron chi connectivity index (χ4n) is 4.42. The minimum atomic E-state index is -1.12. The van der Waals surface area contributed by atoms with E-state index in [0.717, 1.165) is 16.9 Å². The van der Waals surface area contributed by atoms with Gasteiger partial charge in [-0.1, -0.05) is 11.3 Å². The van der Waals surface area contributed by atoms with Crippen molar-refractivity contribution in [1.82, 2.24) is 4.98 Å². The summed E-state index contributed by atoms with van der Waals surface area (Å²) >= 11 is 0.928. The van der Waals surface area contributed by atoms with Gasteiger partial charge < -0.3 is 24.1 Å². The van der Waals surface area contributed by atoms with Crippen LogP contribution in [0.3, 0.4) is 0 Å². The van der Waals surface area contributed by atoms with Crippen molar-refractivity contribution in [1.29, 1.82) is 0 Å². The highest BCUT2D eigenvalue weighted by atomic mass is 32.1. The molecule has 0 unspecified atom stereocenters. The van der Waals surface area contributed by atoms with Crippen molar-refractivity contribution < 1.29 is 38.4 Å². The average molecular weight is 553 g/mol. The van der Waals surface area contributed by atoms with Gasteiger partial charge in [-0.3, -0.25) is 14.5 Å². The maximum Gasteiger partial charge on any atom is 0.350 e. The van der Waals surface area contributed by atoms with E-state index in [4.69, 9.17) is 18.9 Å². The molecule has 11 heteroatoms. The predicted molar refractivity (Wildman–Crippen MR) is 145 cm³/mol. The van der Waals surface area contributed by atoms with Gasteiger partial charge in [0.15, 0.2) is 5.13 Å². The van der Waals surface area contributed by atoms with Gasteiger partial charge in [-0.15, -0.1) is 0 Å². The highest BCUT2D eigenvalue weighted by Crippen LogP contribution is 2.47. The lowest BCUT2D eigenvalue weighted by atomic mass is 9.94. The zero-order valence-electron chi connectivity index (χ0n) is 22.4. The maximum absolute atomic E-state index is 13.5. The van der Waals surface area contributed by atoms with Crippen LogP contribution in [0, 0.1) is 13.8 Å². The Hall–Kier alpha value is -4.38. The van der Waals surface area contributed by atoms with Crippen LogP contribution in [-0.2, 0) is 14.3 Å². The molecular formula is C28H28N2O8S. The number of aliphatic hydroxyl groups is 1. The number of thiazole rings is 1. The van der Waals surface area contributed by atoms with Gasteiger partial charge in [0.1, 0.15) is 33.9 Å². The van der Waals surface area contributed by atoms with E-state index in [9.17, 15) is 19.5 Å². The highest BCUT2D eigenvalue weighted by Gasteiger charge is 2.49. The highest BCUT2D eigenvalue weighted by molar-refractivity contribution is 7.17. The van der Waals surface area contributed by atoms with E-state index in [1.807, 2.05) is 0 Å². The first-order valence-electron chi connectivity index (χ1n) is 12.0. The van der Waals surface area contributed by atoms with Crippen molar-refractivity contribution in [3.05, 3.63) is 69.2 Å². The summed E-state index contributed by atoms with van der Waals surface area (Å²) < 4.78 is 21.3. The number of aliphatic hydroxyl groups excluding tert-OH is 1. The van der Waals surface area contributed by atoms with Crippen molar-refractivity contribution in [2.75, 3.05) is 32.8 Å². The fraction of sp³-hybridized carbons (Fsp3) is 0.286. The molecular weight excluding hydrogens is 524 g/mol. The number of aromatic nitrogens is 1. The molecule has 1 aliphatic heterocycles. The summed E-state index contributed by atoms with van der Waals surface area (Å²) in [6.45, 7) is 5.27. The maximum atomic E-state index is 13.5. The van der Waals surface area contributed by atoms with Crippen LogP contribution < -0.4 is 19.1 Å². The Morgan fingerprint density at radius 1 is 1.03 bits per heavy atom. The number of carbonyl (C=O) groups is 3. The van der Waals surface area contributed by atoms with E-state index in [1.54, 1.807) is 57.2 Å². The number of methoxy groups -OCH3 is 3. The Kier molecular flexibility index (Phi) is 7.91. The number of benzene rings is 2. The van der Waals surface area contributed by atoms with Gasteiger partial charge in [0.25, 0.3) is 5.78 Å². The Bertz CT molecular complexity index is 1490. The summed E-state index contributed by atoms with van der Waals surface area (Å²) in [6.07, 6.45) is 0. The van der Waals surface area contributed by atoms with Gasteiger partial charge in [-0.05, 0) is 56.7 Å². The molecule has 2 heterocycles. The number of rotatable bonds is 8. The van der Waals surface area contributed by atoms with Gasteiger partial charge in [-0.2, -0.15) is 0 Å². The van der Waals surface area contributed by atoms with Crippen LogP contribution in [0.15, 0.2) is 42.0 Å². The van der Waals surface area contributed by atoms with Crippen molar-refractivity contribution >= 4 is 39.9 Å². The molecule has 39 heavy (non-hydrogen) atoms. The number of aryl methyl sites for hydroxylation is 2. The summed E-state index contributed by atoms with van der Waals surface area (Å²) in [5, 5.41) is 11.6. The second-order valence-corrected chi connectivity index (χ2v) is 9.57. The third kappa shape index (κ3) is 4.92. The number of esters is 1. The lowest BCUT2D eigenvalue weighted by Crippen LogP contribution is -2.29. The Morgan fingerprint density at radius 3 is 2.36 bits per heavy atom. The third-order valence-electron chi connectivity index (χ3n) is 6.30. The molecule has 0 aliphatic carbocycles.